The van der Waals surface area contributed by atoms with Gasteiger partial charge in [-0.1, -0.05) is 18.2 Å². The molecule has 0 unspecified atom stereocenters. The number of hydrogen-bond acceptors (Lipinski definition) is 3. The number of nitrogens with zero attached hydrogens (tertiary/aromatic N) is 1. The van der Waals surface area contributed by atoms with E-state index in [2.05, 4.69) is 26.2 Å². The zero-order valence-electron chi connectivity index (χ0n) is 10.4. The molecule has 0 spiro atoms. The van der Waals surface area contributed by atoms with Crippen LogP contribution in [0.25, 0.3) is 0 Å². The Bertz CT molecular complexity index is 587. The number of pyridine rings is 1. The number of nitrogens with one attached hydrogen (secondary N) is 1. The van der Waals surface area contributed by atoms with Gasteiger partial charge in [-0.2, -0.15) is 0 Å². The quantitative estimate of drug-likeness (QED) is 0.881. The van der Waals surface area contributed by atoms with Crippen molar-refractivity contribution in [3.05, 3.63) is 58.3 Å². The lowest BCUT2D eigenvalue weighted by molar-refractivity contribution is 0.0949. The molecule has 0 aliphatic heterocycles. The van der Waals surface area contributed by atoms with E-state index in [0.29, 0.717) is 16.7 Å². The summed E-state index contributed by atoms with van der Waals surface area (Å²) in [5.41, 5.74) is 1.44. The van der Waals surface area contributed by atoms with Crippen LogP contribution in [0.1, 0.15) is 15.9 Å². The Morgan fingerprint density at radius 2 is 2.11 bits per heavy atom. The first-order valence-corrected chi connectivity index (χ1v) is 6.52. The molecule has 0 radical (unpaired) electrons. The predicted octanol–water partition coefficient (Wildman–Crippen LogP) is 2.78. The van der Waals surface area contributed by atoms with Gasteiger partial charge in [-0.15, -0.1) is 0 Å². The van der Waals surface area contributed by atoms with E-state index in [9.17, 15) is 4.79 Å². The SMILES string of the molecule is COc1ccccc1CNC(=O)c1cccnc1Br. The van der Waals surface area contributed by atoms with Gasteiger partial charge in [0.25, 0.3) is 5.91 Å². The molecule has 4 nitrogen and oxygen atoms in total. The van der Waals surface area contributed by atoms with Gasteiger partial charge in [0.2, 0.25) is 0 Å². The van der Waals surface area contributed by atoms with E-state index < -0.39 is 0 Å². The van der Waals surface area contributed by atoms with E-state index >= 15 is 0 Å². The second-order valence-corrected chi connectivity index (χ2v) is 4.59. The van der Waals surface area contributed by atoms with Gasteiger partial charge in [0.15, 0.2) is 0 Å². The first-order chi connectivity index (χ1) is 9.22. The second-order valence-electron chi connectivity index (χ2n) is 3.84. The maximum atomic E-state index is 12.0. The number of benzene rings is 1. The van der Waals surface area contributed by atoms with Crippen molar-refractivity contribution in [2.75, 3.05) is 7.11 Å². The molecule has 1 aromatic carbocycles. The highest BCUT2D eigenvalue weighted by Gasteiger charge is 2.10. The largest absolute Gasteiger partial charge is 0.496 e. The molecule has 1 N–H and O–H groups in total. The Kier molecular flexibility index (Phi) is 4.52. The van der Waals surface area contributed by atoms with Crippen LogP contribution < -0.4 is 10.1 Å². The number of methoxy groups -OCH3 is 1. The average Bonchev–Trinajstić information content (AvgIpc) is 2.45. The number of carbonyl (C=O) groups is 1. The molecule has 0 bridgehead atoms. The van der Waals surface area contributed by atoms with Crippen molar-refractivity contribution < 1.29 is 9.53 Å². The van der Waals surface area contributed by atoms with Crippen molar-refractivity contribution in [3.8, 4) is 5.75 Å². The molecule has 0 aliphatic carbocycles. The summed E-state index contributed by atoms with van der Waals surface area (Å²) in [6, 6.07) is 11.0. The van der Waals surface area contributed by atoms with Gasteiger partial charge >= 0.3 is 0 Å². The Labute approximate surface area is 119 Å². The molecule has 1 heterocycles. The van der Waals surface area contributed by atoms with E-state index in [-0.39, 0.29) is 5.91 Å². The lowest BCUT2D eigenvalue weighted by atomic mass is 10.2. The zero-order chi connectivity index (χ0) is 13.7. The van der Waals surface area contributed by atoms with Crippen LogP contribution in [0.2, 0.25) is 0 Å². The highest BCUT2D eigenvalue weighted by Crippen LogP contribution is 2.17. The first kappa shape index (κ1) is 13.5. The summed E-state index contributed by atoms with van der Waals surface area (Å²) in [5.74, 6) is 0.582. The molecular formula is C14H13BrN2O2. The molecule has 2 rings (SSSR count). The second kappa shape index (κ2) is 6.33. The molecule has 2 aromatic rings. The van der Waals surface area contributed by atoms with Gasteiger partial charge in [0.1, 0.15) is 10.4 Å². The molecule has 0 saturated carbocycles. The van der Waals surface area contributed by atoms with E-state index in [1.54, 1.807) is 25.4 Å². The maximum absolute atomic E-state index is 12.0. The summed E-state index contributed by atoms with van der Waals surface area (Å²) in [6.07, 6.45) is 1.63. The normalized spacial score (nSPS) is 10.0. The molecule has 0 aliphatic rings. The van der Waals surface area contributed by atoms with Gasteiger partial charge < -0.3 is 10.1 Å². The Balaban J connectivity index is 2.07. The summed E-state index contributed by atoms with van der Waals surface area (Å²) in [7, 11) is 1.61. The van der Waals surface area contributed by atoms with E-state index in [0.717, 1.165) is 11.3 Å². The fourth-order valence-corrected chi connectivity index (χ4v) is 2.11. The van der Waals surface area contributed by atoms with Gasteiger partial charge in [-0.05, 0) is 34.1 Å². The van der Waals surface area contributed by atoms with Crippen LogP contribution in [0.4, 0.5) is 0 Å². The van der Waals surface area contributed by atoms with Crippen LogP contribution in [0, 0.1) is 0 Å². The van der Waals surface area contributed by atoms with E-state index in [1.165, 1.54) is 0 Å². The van der Waals surface area contributed by atoms with Crippen molar-refractivity contribution in [2.24, 2.45) is 0 Å². The molecule has 0 atom stereocenters. The van der Waals surface area contributed by atoms with Crippen molar-refractivity contribution >= 4 is 21.8 Å². The molecule has 19 heavy (non-hydrogen) atoms. The third-order valence-electron chi connectivity index (χ3n) is 2.64. The Hall–Kier alpha value is -1.88. The monoisotopic (exact) mass is 320 g/mol. The Morgan fingerprint density at radius 3 is 2.84 bits per heavy atom. The number of rotatable bonds is 4. The standard InChI is InChI=1S/C14H13BrN2O2/c1-19-12-7-3-2-5-10(12)9-17-14(18)11-6-4-8-16-13(11)15/h2-8H,9H2,1H3,(H,17,18). The van der Waals surface area contributed by atoms with Crippen LogP contribution in [0.3, 0.4) is 0 Å². The number of ether oxygens (including phenoxy) is 1. The minimum Gasteiger partial charge on any atom is -0.496 e. The van der Waals surface area contributed by atoms with Gasteiger partial charge in [-0.3, -0.25) is 4.79 Å². The fraction of sp³-hybridized carbons (Fsp3) is 0.143. The van der Waals surface area contributed by atoms with Crippen molar-refractivity contribution in [1.29, 1.82) is 0 Å². The minimum absolute atomic E-state index is 0.175. The van der Waals surface area contributed by atoms with Crippen LogP contribution in [-0.2, 0) is 6.54 Å². The summed E-state index contributed by atoms with van der Waals surface area (Å²) >= 11 is 3.25. The molecule has 5 heteroatoms. The van der Waals surface area contributed by atoms with Crippen LogP contribution in [0.15, 0.2) is 47.2 Å². The predicted molar refractivity (Wildman–Crippen MR) is 76.1 cm³/mol. The van der Waals surface area contributed by atoms with Gasteiger partial charge in [0, 0.05) is 18.3 Å². The van der Waals surface area contributed by atoms with Crippen molar-refractivity contribution in [3.63, 3.8) is 0 Å². The summed E-state index contributed by atoms with van der Waals surface area (Å²) in [5, 5.41) is 2.84. The minimum atomic E-state index is -0.175. The average molecular weight is 321 g/mol. The van der Waals surface area contributed by atoms with E-state index in [4.69, 9.17) is 4.74 Å². The van der Waals surface area contributed by atoms with Gasteiger partial charge in [-0.25, -0.2) is 4.98 Å². The third-order valence-corrected chi connectivity index (χ3v) is 3.27. The topological polar surface area (TPSA) is 51.2 Å². The number of carbonyl (C=O) groups excluding carboxylic acids is 1. The number of hydrogen-bond donors (Lipinski definition) is 1. The van der Waals surface area contributed by atoms with Crippen LogP contribution in [0.5, 0.6) is 5.75 Å². The zero-order valence-corrected chi connectivity index (χ0v) is 12.0. The lowest BCUT2D eigenvalue weighted by Crippen LogP contribution is -2.23. The highest BCUT2D eigenvalue weighted by molar-refractivity contribution is 9.10. The molecule has 1 amide bonds. The highest BCUT2D eigenvalue weighted by atomic mass is 79.9. The van der Waals surface area contributed by atoms with E-state index in [1.807, 2.05) is 24.3 Å². The first-order valence-electron chi connectivity index (χ1n) is 5.73. The van der Waals surface area contributed by atoms with Crippen LogP contribution in [-0.4, -0.2) is 18.0 Å². The smallest absolute Gasteiger partial charge is 0.254 e. The van der Waals surface area contributed by atoms with Gasteiger partial charge in [0.05, 0.1) is 12.7 Å². The van der Waals surface area contributed by atoms with Crippen LogP contribution >= 0.6 is 15.9 Å². The molecule has 1 aromatic heterocycles. The molecule has 0 fully saturated rings. The van der Waals surface area contributed by atoms with Crippen molar-refractivity contribution in [2.45, 2.75) is 6.54 Å². The number of para-hydroxylation sites is 1. The lowest BCUT2D eigenvalue weighted by Gasteiger charge is -2.09. The molecule has 98 valence electrons. The van der Waals surface area contributed by atoms with Crippen molar-refractivity contribution in [1.82, 2.24) is 10.3 Å². The maximum Gasteiger partial charge on any atom is 0.254 e. The summed E-state index contributed by atoms with van der Waals surface area (Å²) < 4.78 is 5.77. The molecule has 0 saturated heterocycles. The fourth-order valence-electron chi connectivity index (χ4n) is 1.68. The number of aromatic nitrogens is 1. The number of halogens is 1. The summed E-state index contributed by atoms with van der Waals surface area (Å²) in [4.78, 5) is 16.0. The Morgan fingerprint density at radius 1 is 1.32 bits per heavy atom. The number of amides is 1. The third kappa shape index (κ3) is 3.32. The summed E-state index contributed by atoms with van der Waals surface area (Å²) in [6.45, 7) is 0.407. The molecular weight excluding hydrogens is 308 g/mol.